The van der Waals surface area contributed by atoms with E-state index in [9.17, 15) is 18.3 Å². The number of anilines is 1. The molecule has 0 spiro atoms. The van der Waals surface area contributed by atoms with Crippen LogP contribution in [0.15, 0.2) is 24.4 Å². The third-order valence-corrected chi connectivity index (χ3v) is 10.4. The average molecular weight is 603 g/mol. The van der Waals surface area contributed by atoms with Gasteiger partial charge in [0.25, 0.3) is 0 Å². The van der Waals surface area contributed by atoms with E-state index in [1.165, 1.54) is 31.0 Å². The van der Waals surface area contributed by atoms with Crippen LogP contribution in [0, 0.1) is 11.3 Å². The minimum atomic E-state index is -3.67. The lowest BCUT2D eigenvalue weighted by atomic mass is 9.71. The number of hydrogen-bond acceptors (Lipinski definition) is 9. The number of carbonyl (C=O) groups excluding carboxylic acids is 1. The van der Waals surface area contributed by atoms with Crippen LogP contribution in [0.2, 0.25) is 0 Å². The Morgan fingerprint density at radius 3 is 2.59 bits per heavy atom. The fourth-order valence-corrected chi connectivity index (χ4v) is 6.61. The first-order valence-electron chi connectivity index (χ1n) is 14.0. The van der Waals surface area contributed by atoms with Crippen LogP contribution in [0.25, 0.3) is 10.3 Å². The summed E-state index contributed by atoms with van der Waals surface area (Å²) in [7, 11) is 1.14. The zero-order valence-electron chi connectivity index (χ0n) is 24.8. The van der Waals surface area contributed by atoms with Gasteiger partial charge in [-0.3, -0.25) is 9.52 Å². The summed E-state index contributed by atoms with van der Waals surface area (Å²) in [5.74, 6) is 0.596. The molecule has 224 valence electrons. The number of pyridine rings is 2. The minimum absolute atomic E-state index is 0.0502. The highest BCUT2D eigenvalue weighted by molar-refractivity contribution is 7.90. The van der Waals surface area contributed by atoms with E-state index in [2.05, 4.69) is 36.5 Å². The summed E-state index contributed by atoms with van der Waals surface area (Å²) in [6.07, 6.45) is 5.58. The summed E-state index contributed by atoms with van der Waals surface area (Å²) < 4.78 is 27.9. The van der Waals surface area contributed by atoms with Crippen molar-refractivity contribution in [3.05, 3.63) is 46.2 Å². The fraction of sp³-hybridized carbons (Fsp3) is 0.586. The van der Waals surface area contributed by atoms with Gasteiger partial charge in [0.15, 0.2) is 10.8 Å². The molecule has 1 aliphatic rings. The molecular weight excluding hydrogens is 560 g/mol. The molecule has 2 N–H and O–H groups in total. The van der Waals surface area contributed by atoms with Gasteiger partial charge in [-0.05, 0) is 79.8 Å². The van der Waals surface area contributed by atoms with Gasteiger partial charge in [-0.15, -0.1) is 0 Å². The highest BCUT2D eigenvalue weighted by Gasteiger charge is 2.30. The number of aliphatic hydroxyl groups is 1. The van der Waals surface area contributed by atoms with Crippen LogP contribution in [-0.2, 0) is 23.1 Å². The molecule has 0 unspecified atom stereocenters. The maximum absolute atomic E-state index is 13.6. The van der Waals surface area contributed by atoms with E-state index in [0.717, 1.165) is 45.2 Å². The van der Waals surface area contributed by atoms with E-state index in [1.807, 2.05) is 18.0 Å². The molecule has 12 heteroatoms. The van der Waals surface area contributed by atoms with Crippen molar-refractivity contribution in [2.24, 2.45) is 11.3 Å². The maximum Gasteiger partial charge on any atom is 0.302 e. The number of likely N-dealkylation sites (N-methyl/N-ethyl adjacent to an activating group) is 1. The number of rotatable bonds is 12. The molecule has 1 aliphatic carbocycles. The van der Waals surface area contributed by atoms with Gasteiger partial charge < -0.3 is 10.0 Å². The summed E-state index contributed by atoms with van der Waals surface area (Å²) in [5.41, 5.74) is 4.23. The van der Waals surface area contributed by atoms with Crippen LogP contribution >= 0.6 is 11.3 Å². The third-order valence-electron chi connectivity index (χ3n) is 7.96. The first-order valence-corrected chi connectivity index (χ1v) is 16.3. The van der Waals surface area contributed by atoms with Crippen molar-refractivity contribution in [2.75, 3.05) is 45.6 Å². The second-order valence-corrected chi connectivity index (χ2v) is 15.1. The predicted octanol–water partition coefficient (Wildman–Crippen LogP) is 4.13. The Bertz CT molecular complexity index is 1460. The molecular formula is C29H42N6O4S2. The quantitative estimate of drug-likeness (QED) is 0.296. The van der Waals surface area contributed by atoms with E-state index in [0.29, 0.717) is 30.4 Å². The SMILES string of the molecule is CN(CCO)CC[C@@H](CC(=O)c1nc2cc3c(nc2s1)CC[C@H](C(C)(C)C)C3)c1ccc(NS(=O)(=O)N(C)C)nc1. The minimum Gasteiger partial charge on any atom is -0.395 e. The molecule has 0 fully saturated rings. The van der Waals surface area contributed by atoms with E-state index >= 15 is 0 Å². The number of fused-ring (bicyclic) bond motifs is 2. The fourth-order valence-electron chi connectivity index (χ4n) is 5.16. The van der Waals surface area contributed by atoms with Crippen LogP contribution in [0.5, 0.6) is 0 Å². The van der Waals surface area contributed by atoms with E-state index in [-0.39, 0.29) is 36.0 Å². The van der Waals surface area contributed by atoms with Gasteiger partial charge >= 0.3 is 10.2 Å². The summed E-state index contributed by atoms with van der Waals surface area (Å²) in [6, 6.07) is 5.55. The Morgan fingerprint density at radius 2 is 1.95 bits per heavy atom. The lowest BCUT2D eigenvalue weighted by Gasteiger charge is -2.34. The van der Waals surface area contributed by atoms with Crippen LogP contribution in [0.1, 0.15) is 72.6 Å². The van der Waals surface area contributed by atoms with Crippen molar-refractivity contribution >= 4 is 43.5 Å². The van der Waals surface area contributed by atoms with Gasteiger partial charge in [-0.2, -0.15) is 12.7 Å². The normalized spacial score (nSPS) is 16.8. The van der Waals surface area contributed by atoms with E-state index in [1.54, 1.807) is 12.3 Å². The van der Waals surface area contributed by atoms with Crippen molar-refractivity contribution in [1.29, 1.82) is 0 Å². The number of aromatic nitrogens is 3. The van der Waals surface area contributed by atoms with Crippen LogP contribution in [0.4, 0.5) is 5.82 Å². The van der Waals surface area contributed by atoms with Gasteiger partial charge in [0.05, 0.1) is 6.61 Å². The summed E-state index contributed by atoms with van der Waals surface area (Å²) in [6.45, 7) is 8.14. The second kappa shape index (κ2) is 12.8. The summed E-state index contributed by atoms with van der Waals surface area (Å²) in [5, 5.41) is 9.76. The molecule has 3 aromatic rings. The van der Waals surface area contributed by atoms with Crippen LogP contribution in [-0.4, -0.2) is 84.3 Å². The van der Waals surface area contributed by atoms with Gasteiger partial charge in [-0.1, -0.05) is 38.2 Å². The van der Waals surface area contributed by atoms with Crippen LogP contribution < -0.4 is 4.72 Å². The number of aliphatic hydroxyl groups excluding tert-OH is 1. The Hall–Kier alpha value is -2.51. The molecule has 3 aromatic heterocycles. The number of thiazole rings is 1. The standard InChI is InChI=1S/C29H42N6O4S2/c1-29(2,3)22-8-9-23-21(15-22)16-24-27(31-23)40-28(32-24)25(37)17-19(11-12-35(6)13-14-36)20-7-10-26(30-18-20)33-41(38,39)34(4)5/h7,10,16,18-19,22,36H,8-9,11-15,17H2,1-6H3,(H,30,33)/t19-,22-/m0/s1. The first kappa shape index (κ1) is 31.4. The Morgan fingerprint density at radius 1 is 1.20 bits per heavy atom. The molecule has 0 aromatic carbocycles. The summed E-state index contributed by atoms with van der Waals surface area (Å²) >= 11 is 1.35. The number of ketones is 1. The first-order chi connectivity index (χ1) is 19.3. The van der Waals surface area contributed by atoms with E-state index in [4.69, 9.17) is 9.97 Å². The van der Waals surface area contributed by atoms with Gasteiger partial charge in [0.2, 0.25) is 0 Å². The number of Topliss-reactive ketones (excluding diaryl/α,β-unsaturated/α-hetero) is 1. The lowest BCUT2D eigenvalue weighted by molar-refractivity contribution is 0.0969. The number of aryl methyl sites for hydroxylation is 1. The number of carbonyl (C=O) groups is 1. The number of nitrogens with one attached hydrogen (secondary N) is 1. The molecule has 10 nitrogen and oxygen atoms in total. The molecule has 41 heavy (non-hydrogen) atoms. The molecule has 4 rings (SSSR count). The molecule has 0 aliphatic heterocycles. The van der Waals surface area contributed by atoms with E-state index < -0.39 is 10.2 Å². The van der Waals surface area contributed by atoms with Crippen molar-refractivity contribution < 1.29 is 18.3 Å². The topological polar surface area (TPSA) is 129 Å². The molecule has 2 atom stereocenters. The number of nitrogens with zero attached hydrogens (tertiary/aromatic N) is 5. The smallest absolute Gasteiger partial charge is 0.302 e. The highest BCUT2D eigenvalue weighted by atomic mass is 32.2. The maximum atomic E-state index is 13.6. The lowest BCUT2D eigenvalue weighted by Crippen LogP contribution is -2.29. The average Bonchev–Trinajstić information content (AvgIpc) is 3.32. The monoisotopic (exact) mass is 602 g/mol. The zero-order valence-corrected chi connectivity index (χ0v) is 26.5. The van der Waals surface area contributed by atoms with Gasteiger partial charge in [-0.25, -0.2) is 15.0 Å². The number of hydrogen-bond donors (Lipinski definition) is 2. The Labute approximate surface area is 247 Å². The largest absolute Gasteiger partial charge is 0.395 e. The molecule has 0 radical (unpaired) electrons. The van der Waals surface area contributed by atoms with Gasteiger partial charge in [0, 0.05) is 39.0 Å². The Balaban J connectivity index is 1.54. The van der Waals surface area contributed by atoms with Crippen molar-refractivity contribution in [3.8, 4) is 0 Å². The molecule has 3 heterocycles. The van der Waals surface area contributed by atoms with Crippen molar-refractivity contribution in [2.45, 2.75) is 58.8 Å². The molecule has 0 saturated heterocycles. The summed E-state index contributed by atoms with van der Waals surface area (Å²) in [4.78, 5) is 30.3. The Kier molecular flexibility index (Phi) is 9.80. The predicted molar refractivity (Wildman–Crippen MR) is 164 cm³/mol. The highest BCUT2D eigenvalue weighted by Crippen LogP contribution is 2.38. The molecule has 0 saturated carbocycles. The third kappa shape index (κ3) is 7.86. The van der Waals surface area contributed by atoms with Crippen molar-refractivity contribution in [1.82, 2.24) is 24.2 Å². The molecule has 0 bridgehead atoms. The zero-order chi connectivity index (χ0) is 29.9. The van der Waals surface area contributed by atoms with Crippen molar-refractivity contribution in [3.63, 3.8) is 0 Å². The molecule has 0 amide bonds. The van der Waals surface area contributed by atoms with Crippen LogP contribution in [0.3, 0.4) is 0 Å². The van der Waals surface area contributed by atoms with Gasteiger partial charge in [0.1, 0.15) is 16.2 Å². The second-order valence-electron chi connectivity index (χ2n) is 12.2.